The largest absolute Gasteiger partial charge is 0.508 e. The van der Waals surface area contributed by atoms with Crippen molar-refractivity contribution in [1.82, 2.24) is 0 Å². The summed E-state index contributed by atoms with van der Waals surface area (Å²) in [6.45, 7) is 2.42. The van der Waals surface area contributed by atoms with Crippen LogP contribution in [0.25, 0.3) is 0 Å². The van der Waals surface area contributed by atoms with Gasteiger partial charge in [0.1, 0.15) is 5.75 Å². The van der Waals surface area contributed by atoms with Gasteiger partial charge in [0.15, 0.2) is 0 Å². The first-order valence-electron chi connectivity index (χ1n) is 10.1. The smallest absolute Gasteiger partial charge is 0.115 e. The third-order valence-electron chi connectivity index (χ3n) is 7.74. The van der Waals surface area contributed by atoms with E-state index in [1.54, 1.807) is 0 Å². The van der Waals surface area contributed by atoms with Gasteiger partial charge in [0.25, 0.3) is 0 Å². The third-order valence-corrected chi connectivity index (χ3v) is 7.74. The first-order valence-corrected chi connectivity index (χ1v) is 10.1. The summed E-state index contributed by atoms with van der Waals surface area (Å²) in [5, 5.41) is 20.5. The van der Waals surface area contributed by atoms with Crippen LogP contribution in [0.4, 0.5) is 0 Å². The number of aliphatic hydroxyl groups excluding tert-OH is 1. The Balaban J connectivity index is 1.64. The zero-order chi connectivity index (χ0) is 17.9. The van der Waals surface area contributed by atoms with E-state index in [1.165, 1.54) is 29.5 Å². The lowest BCUT2D eigenvalue weighted by Gasteiger charge is -2.52. The Morgan fingerprint density at radius 1 is 1.04 bits per heavy atom. The van der Waals surface area contributed by atoms with E-state index in [9.17, 15) is 10.2 Å². The molecule has 3 aliphatic rings. The Kier molecular flexibility index (Phi) is 3.69. The van der Waals surface area contributed by atoms with Gasteiger partial charge >= 0.3 is 0 Å². The number of rotatable bonds is 1. The molecule has 2 N–H and O–H groups in total. The summed E-state index contributed by atoms with van der Waals surface area (Å²) in [7, 11) is 0. The molecule has 2 aromatic carbocycles. The van der Waals surface area contributed by atoms with E-state index in [0.717, 1.165) is 19.3 Å². The summed E-state index contributed by atoms with van der Waals surface area (Å²) < 4.78 is 0. The number of hydrogen-bond acceptors (Lipinski definition) is 2. The van der Waals surface area contributed by atoms with Crippen molar-refractivity contribution in [3.63, 3.8) is 0 Å². The fraction of sp³-hybridized carbons (Fsp3) is 0.500. The molecule has 0 aliphatic heterocycles. The number of benzene rings is 2. The Bertz CT molecular complexity index is 814. The standard InChI is InChI=1S/C24H28O2/c1-24-10-9-20-19-8-7-17(25)11-16(19)12-21(15-5-3-2-4-6-15)23(20)22(24)13-18(26)14-24/h2-8,11,18,20-23,25-26H,9-10,12-14H2,1H3/t18-,20-,21-,22+,23+,24-/m1/s1. The topological polar surface area (TPSA) is 40.5 Å². The molecule has 2 fully saturated rings. The predicted octanol–water partition coefficient (Wildman–Crippen LogP) is 5.00. The Labute approximate surface area is 155 Å². The van der Waals surface area contributed by atoms with E-state index in [0.29, 0.717) is 29.4 Å². The van der Waals surface area contributed by atoms with Crippen molar-refractivity contribution in [2.24, 2.45) is 17.3 Å². The van der Waals surface area contributed by atoms with Crippen LogP contribution in [0.2, 0.25) is 0 Å². The number of fused-ring (bicyclic) bond motifs is 5. The Morgan fingerprint density at radius 3 is 2.65 bits per heavy atom. The van der Waals surface area contributed by atoms with Gasteiger partial charge < -0.3 is 10.2 Å². The van der Waals surface area contributed by atoms with Crippen LogP contribution >= 0.6 is 0 Å². The minimum Gasteiger partial charge on any atom is -0.508 e. The van der Waals surface area contributed by atoms with Gasteiger partial charge in [0.2, 0.25) is 0 Å². The average Bonchev–Trinajstić information content (AvgIpc) is 2.95. The number of aromatic hydroxyl groups is 1. The fourth-order valence-corrected chi connectivity index (χ4v) is 6.69. The molecule has 0 radical (unpaired) electrons. The molecule has 0 unspecified atom stereocenters. The highest BCUT2D eigenvalue weighted by Gasteiger charge is 2.55. The summed E-state index contributed by atoms with van der Waals surface area (Å²) in [4.78, 5) is 0. The average molecular weight is 348 g/mol. The first kappa shape index (κ1) is 16.4. The van der Waals surface area contributed by atoms with E-state index in [1.807, 2.05) is 12.1 Å². The fourth-order valence-electron chi connectivity index (χ4n) is 6.69. The van der Waals surface area contributed by atoms with Gasteiger partial charge in [-0.3, -0.25) is 0 Å². The van der Waals surface area contributed by atoms with Crippen molar-refractivity contribution in [3.05, 3.63) is 65.2 Å². The summed E-state index contributed by atoms with van der Waals surface area (Å²) in [5.74, 6) is 2.58. The van der Waals surface area contributed by atoms with Crippen LogP contribution in [0.5, 0.6) is 5.75 Å². The number of aliphatic hydroxyl groups is 1. The van der Waals surface area contributed by atoms with Crippen LogP contribution in [0.1, 0.15) is 61.1 Å². The van der Waals surface area contributed by atoms with Crippen molar-refractivity contribution in [2.45, 2.75) is 57.0 Å². The number of phenols is 1. The van der Waals surface area contributed by atoms with Crippen LogP contribution < -0.4 is 0 Å². The Hall–Kier alpha value is -1.80. The normalized spacial score (nSPS) is 38.3. The molecule has 26 heavy (non-hydrogen) atoms. The van der Waals surface area contributed by atoms with Crippen LogP contribution in [-0.2, 0) is 6.42 Å². The zero-order valence-corrected chi connectivity index (χ0v) is 15.4. The van der Waals surface area contributed by atoms with E-state index in [2.05, 4.69) is 43.3 Å². The van der Waals surface area contributed by atoms with Crippen molar-refractivity contribution in [2.75, 3.05) is 0 Å². The van der Waals surface area contributed by atoms with Gasteiger partial charge in [-0.05, 0) is 90.0 Å². The van der Waals surface area contributed by atoms with Crippen molar-refractivity contribution >= 4 is 0 Å². The van der Waals surface area contributed by atoms with Gasteiger partial charge in [-0.15, -0.1) is 0 Å². The third kappa shape index (κ3) is 2.42. The molecule has 2 nitrogen and oxygen atoms in total. The Morgan fingerprint density at radius 2 is 1.85 bits per heavy atom. The summed E-state index contributed by atoms with van der Waals surface area (Å²) >= 11 is 0. The SMILES string of the molecule is C[C@]12CC[C@@H]3c4ccc(O)cc4C[C@H](c4ccccc4)[C@H]3[C@@H]1C[C@@H](O)C2. The van der Waals surface area contributed by atoms with Gasteiger partial charge in [0.05, 0.1) is 6.10 Å². The molecular formula is C24H28O2. The number of phenolic OH excluding ortho intramolecular Hbond substituents is 1. The second-order valence-corrected chi connectivity index (χ2v) is 9.18. The molecule has 0 spiro atoms. The molecule has 2 saturated carbocycles. The molecular weight excluding hydrogens is 320 g/mol. The quantitative estimate of drug-likeness (QED) is 0.761. The van der Waals surface area contributed by atoms with E-state index < -0.39 is 0 Å². The highest BCUT2D eigenvalue weighted by molar-refractivity contribution is 5.43. The van der Waals surface area contributed by atoms with Gasteiger partial charge in [-0.2, -0.15) is 0 Å². The van der Waals surface area contributed by atoms with Crippen molar-refractivity contribution in [1.29, 1.82) is 0 Å². The molecule has 2 heteroatoms. The van der Waals surface area contributed by atoms with Crippen LogP contribution in [0.15, 0.2) is 48.5 Å². The van der Waals surface area contributed by atoms with E-state index in [4.69, 9.17) is 0 Å². The number of hydrogen-bond donors (Lipinski definition) is 2. The lowest BCUT2D eigenvalue weighted by Crippen LogP contribution is -2.43. The predicted molar refractivity (Wildman–Crippen MR) is 103 cm³/mol. The molecule has 3 aliphatic carbocycles. The molecule has 6 atom stereocenters. The summed E-state index contributed by atoms with van der Waals surface area (Å²) in [5.41, 5.74) is 4.47. The van der Waals surface area contributed by atoms with Crippen molar-refractivity contribution < 1.29 is 10.2 Å². The summed E-state index contributed by atoms with van der Waals surface area (Å²) in [6, 6.07) is 16.9. The second kappa shape index (κ2) is 5.85. The monoisotopic (exact) mass is 348 g/mol. The zero-order valence-electron chi connectivity index (χ0n) is 15.4. The molecule has 0 heterocycles. The van der Waals surface area contributed by atoms with Gasteiger partial charge in [-0.1, -0.05) is 43.3 Å². The maximum atomic E-state index is 10.5. The first-order chi connectivity index (χ1) is 12.5. The maximum Gasteiger partial charge on any atom is 0.115 e. The van der Waals surface area contributed by atoms with Crippen LogP contribution in [-0.4, -0.2) is 16.3 Å². The minimum atomic E-state index is -0.138. The molecule has 0 amide bonds. The van der Waals surface area contributed by atoms with Gasteiger partial charge in [-0.25, -0.2) is 0 Å². The molecule has 2 aromatic rings. The van der Waals surface area contributed by atoms with Crippen molar-refractivity contribution in [3.8, 4) is 5.75 Å². The molecule has 5 rings (SSSR count). The van der Waals surface area contributed by atoms with Gasteiger partial charge in [0, 0.05) is 0 Å². The highest BCUT2D eigenvalue weighted by atomic mass is 16.3. The van der Waals surface area contributed by atoms with Crippen LogP contribution in [0.3, 0.4) is 0 Å². The lowest BCUT2D eigenvalue weighted by molar-refractivity contribution is 0.0468. The van der Waals surface area contributed by atoms with Crippen LogP contribution in [0, 0.1) is 17.3 Å². The molecule has 0 aromatic heterocycles. The molecule has 0 bridgehead atoms. The van der Waals surface area contributed by atoms with E-state index in [-0.39, 0.29) is 11.5 Å². The maximum absolute atomic E-state index is 10.5. The molecule has 136 valence electrons. The minimum absolute atomic E-state index is 0.138. The lowest BCUT2D eigenvalue weighted by atomic mass is 9.52. The summed E-state index contributed by atoms with van der Waals surface area (Å²) in [6.07, 6.45) is 5.18. The second-order valence-electron chi connectivity index (χ2n) is 9.18. The highest BCUT2D eigenvalue weighted by Crippen LogP contribution is 2.63. The van der Waals surface area contributed by atoms with E-state index >= 15 is 0 Å². The molecule has 0 saturated heterocycles.